The van der Waals surface area contributed by atoms with Gasteiger partial charge in [0.25, 0.3) is 0 Å². The highest BCUT2D eigenvalue weighted by Crippen LogP contribution is 2.34. The highest BCUT2D eigenvalue weighted by atomic mass is 19.2. The molecule has 1 fully saturated rings. The Morgan fingerprint density at radius 3 is 2.12 bits per heavy atom. The van der Waals surface area contributed by atoms with Gasteiger partial charge in [0.15, 0.2) is 11.6 Å². The molecule has 0 aromatic heterocycles. The molecule has 0 N–H and O–H groups in total. The Kier molecular flexibility index (Phi) is 10.6. The van der Waals surface area contributed by atoms with Gasteiger partial charge >= 0.3 is 5.97 Å². The Labute approximate surface area is 204 Å². The van der Waals surface area contributed by atoms with Gasteiger partial charge in [0, 0.05) is 0 Å². The quantitative estimate of drug-likeness (QED) is 0.176. The average molecular weight is 471 g/mol. The summed E-state index contributed by atoms with van der Waals surface area (Å²) in [6, 6.07) is 9.93. The predicted octanol–water partition coefficient (Wildman–Crippen LogP) is 8.85. The summed E-state index contributed by atoms with van der Waals surface area (Å²) in [4.78, 5) is 12.4. The van der Waals surface area contributed by atoms with Crippen molar-refractivity contribution in [2.24, 2.45) is 11.8 Å². The van der Waals surface area contributed by atoms with Crippen molar-refractivity contribution in [3.63, 3.8) is 0 Å². The molecule has 0 atom stereocenters. The number of ether oxygens (including phenoxy) is 1. The van der Waals surface area contributed by atoms with Crippen molar-refractivity contribution in [2.75, 3.05) is 0 Å². The van der Waals surface area contributed by atoms with E-state index in [2.05, 4.69) is 6.92 Å². The summed E-state index contributed by atoms with van der Waals surface area (Å²) in [7, 11) is 0. The third-order valence-electron chi connectivity index (χ3n) is 7.43. The van der Waals surface area contributed by atoms with Crippen molar-refractivity contribution in [1.82, 2.24) is 0 Å². The Bertz CT molecular complexity index is 899. The van der Waals surface area contributed by atoms with E-state index < -0.39 is 17.6 Å². The maximum absolute atomic E-state index is 14.7. The highest BCUT2D eigenvalue weighted by Gasteiger charge is 2.23. The third kappa shape index (κ3) is 7.65. The number of unbranched alkanes of at least 4 members (excludes halogenated alkanes) is 4. The Morgan fingerprint density at radius 1 is 0.824 bits per heavy atom. The van der Waals surface area contributed by atoms with Crippen LogP contribution < -0.4 is 4.74 Å². The summed E-state index contributed by atoms with van der Waals surface area (Å²) in [6.45, 7) is 4.28. The number of esters is 1. The fourth-order valence-electron chi connectivity index (χ4n) is 5.10. The van der Waals surface area contributed by atoms with Crippen molar-refractivity contribution in [3.05, 3.63) is 64.7 Å². The summed E-state index contributed by atoms with van der Waals surface area (Å²) in [6.07, 6.45) is 15.2. The topological polar surface area (TPSA) is 26.3 Å². The van der Waals surface area contributed by atoms with Crippen LogP contribution in [-0.2, 0) is 12.8 Å². The molecule has 0 spiro atoms. The third-order valence-corrected chi connectivity index (χ3v) is 7.43. The molecule has 0 heterocycles. The van der Waals surface area contributed by atoms with E-state index in [1.54, 1.807) is 12.1 Å². The van der Waals surface area contributed by atoms with Gasteiger partial charge in [0.1, 0.15) is 5.75 Å². The Hall–Kier alpha value is -2.23. The second-order valence-corrected chi connectivity index (χ2v) is 9.92. The molecule has 1 aliphatic rings. The maximum Gasteiger partial charge on any atom is 0.346 e. The van der Waals surface area contributed by atoms with Gasteiger partial charge in [-0.3, -0.25) is 0 Å². The lowest BCUT2D eigenvalue weighted by Gasteiger charge is -2.28. The van der Waals surface area contributed by atoms with Crippen LogP contribution in [0.5, 0.6) is 5.75 Å². The first-order chi connectivity index (χ1) is 16.5. The summed E-state index contributed by atoms with van der Waals surface area (Å²) in [5.74, 6) is -1.16. The molecule has 186 valence electrons. The molecule has 2 aromatic carbocycles. The number of rotatable bonds is 12. The van der Waals surface area contributed by atoms with E-state index in [1.807, 2.05) is 19.1 Å². The number of halogens is 2. The van der Waals surface area contributed by atoms with Crippen LogP contribution in [0.25, 0.3) is 0 Å². The second kappa shape index (κ2) is 13.6. The highest BCUT2D eigenvalue weighted by molar-refractivity contribution is 5.91. The van der Waals surface area contributed by atoms with Crippen LogP contribution in [0.15, 0.2) is 36.4 Å². The molecule has 0 aliphatic heterocycles. The molecule has 3 rings (SSSR count). The van der Waals surface area contributed by atoms with E-state index in [4.69, 9.17) is 4.74 Å². The first-order valence-corrected chi connectivity index (χ1v) is 13.3. The molecule has 0 radical (unpaired) electrons. The minimum Gasteiger partial charge on any atom is -0.423 e. The molecule has 2 aromatic rings. The lowest BCUT2D eigenvalue weighted by Crippen LogP contribution is -2.16. The zero-order valence-electron chi connectivity index (χ0n) is 20.9. The van der Waals surface area contributed by atoms with Crippen LogP contribution in [-0.4, -0.2) is 5.97 Å². The molecule has 1 aliphatic carbocycles. The van der Waals surface area contributed by atoms with Crippen molar-refractivity contribution in [3.8, 4) is 5.75 Å². The van der Waals surface area contributed by atoms with Crippen LogP contribution in [0.3, 0.4) is 0 Å². The molecular weight excluding hydrogens is 430 g/mol. The van der Waals surface area contributed by atoms with Gasteiger partial charge in [-0.15, -0.1) is 0 Å². The van der Waals surface area contributed by atoms with E-state index in [0.717, 1.165) is 24.3 Å². The van der Waals surface area contributed by atoms with Gasteiger partial charge in [-0.25, -0.2) is 13.6 Å². The zero-order valence-corrected chi connectivity index (χ0v) is 20.9. The molecule has 0 bridgehead atoms. The number of hydrogen-bond acceptors (Lipinski definition) is 2. The molecular formula is C30H40F2O2. The summed E-state index contributed by atoms with van der Waals surface area (Å²) < 4.78 is 34.6. The second-order valence-electron chi connectivity index (χ2n) is 9.92. The van der Waals surface area contributed by atoms with Crippen molar-refractivity contribution in [2.45, 2.75) is 97.3 Å². The minimum absolute atomic E-state index is 0.322. The Morgan fingerprint density at radius 2 is 1.47 bits per heavy atom. The summed E-state index contributed by atoms with van der Waals surface area (Å²) in [5, 5.41) is 0. The van der Waals surface area contributed by atoms with Gasteiger partial charge < -0.3 is 4.74 Å². The zero-order chi connectivity index (χ0) is 24.3. The number of hydrogen-bond donors (Lipinski definition) is 0. The molecule has 2 nitrogen and oxygen atoms in total. The first kappa shape index (κ1) is 26.4. The first-order valence-electron chi connectivity index (χ1n) is 13.3. The van der Waals surface area contributed by atoms with E-state index >= 15 is 0 Å². The predicted molar refractivity (Wildman–Crippen MR) is 134 cm³/mol. The molecule has 0 saturated heterocycles. The fourth-order valence-corrected chi connectivity index (χ4v) is 5.10. The molecule has 4 heteroatoms. The largest absolute Gasteiger partial charge is 0.423 e. The van der Waals surface area contributed by atoms with Crippen molar-refractivity contribution >= 4 is 5.97 Å². The molecule has 34 heavy (non-hydrogen) atoms. The van der Waals surface area contributed by atoms with E-state index in [1.165, 1.54) is 76.3 Å². The van der Waals surface area contributed by atoms with Crippen LogP contribution in [0.2, 0.25) is 0 Å². The molecule has 0 unspecified atom stereocenters. The fraction of sp³-hybridized carbons (Fsp3) is 0.567. The van der Waals surface area contributed by atoms with E-state index in [-0.39, 0.29) is 5.56 Å². The normalized spacial score (nSPS) is 18.1. The van der Waals surface area contributed by atoms with Gasteiger partial charge in [0.2, 0.25) is 0 Å². The van der Waals surface area contributed by atoms with Crippen LogP contribution >= 0.6 is 0 Å². The number of aryl methyl sites for hydroxylation is 2. The van der Waals surface area contributed by atoms with Gasteiger partial charge in [0.05, 0.1) is 5.56 Å². The molecule has 0 amide bonds. The smallest absolute Gasteiger partial charge is 0.346 e. The number of carbonyl (C=O) groups excluding carboxylic acids is 1. The Balaban J connectivity index is 1.46. The maximum atomic E-state index is 14.7. The van der Waals surface area contributed by atoms with Crippen LogP contribution in [0.1, 0.15) is 106 Å². The van der Waals surface area contributed by atoms with E-state index in [9.17, 15) is 13.6 Å². The van der Waals surface area contributed by atoms with Gasteiger partial charge in [-0.05, 0) is 60.4 Å². The van der Waals surface area contributed by atoms with Gasteiger partial charge in [-0.2, -0.15) is 0 Å². The minimum atomic E-state index is -1.11. The van der Waals surface area contributed by atoms with Crippen molar-refractivity contribution in [1.29, 1.82) is 0 Å². The monoisotopic (exact) mass is 470 g/mol. The van der Waals surface area contributed by atoms with Crippen molar-refractivity contribution < 1.29 is 18.3 Å². The standard InChI is InChI=1S/C30H40F2O2/c1-3-5-6-7-8-9-23-10-12-24(13-11-23)14-17-25-18-21-27(29(32)28(25)31)30(33)34-26-19-15-22(4-2)16-20-26/h15-16,18-21,23-24H,3-14,17H2,1-2H3. The van der Waals surface area contributed by atoms with Crippen LogP contribution in [0, 0.1) is 23.5 Å². The SMILES string of the molecule is CCCCCCCC1CCC(CCc2ccc(C(=O)Oc3ccc(CC)cc3)c(F)c2F)CC1. The average Bonchev–Trinajstić information content (AvgIpc) is 2.86. The number of benzene rings is 2. The van der Waals surface area contributed by atoms with E-state index in [0.29, 0.717) is 23.7 Å². The summed E-state index contributed by atoms with van der Waals surface area (Å²) in [5.41, 5.74) is 1.09. The van der Waals surface area contributed by atoms with Gasteiger partial charge in [-0.1, -0.05) is 96.3 Å². The summed E-state index contributed by atoms with van der Waals surface area (Å²) >= 11 is 0. The lowest BCUT2D eigenvalue weighted by molar-refractivity contribution is 0.0728. The number of carbonyl (C=O) groups is 1. The van der Waals surface area contributed by atoms with Crippen LogP contribution in [0.4, 0.5) is 8.78 Å². The lowest BCUT2D eigenvalue weighted by atomic mass is 9.77. The molecule has 1 saturated carbocycles.